The third-order valence-corrected chi connectivity index (χ3v) is 4.27. The molecule has 11 nitrogen and oxygen atoms in total. The second kappa shape index (κ2) is 7.23. The SMILES string of the molecule is O=C(COc1nonc1-c1noc(=O)n1C1Cc2ccc(F)cc21)NCCO. The number of nitrogens with one attached hydrogen (secondary N) is 1. The highest BCUT2D eigenvalue weighted by Crippen LogP contribution is 2.38. The van der Waals surface area contributed by atoms with Crippen LogP contribution in [0, 0.1) is 5.82 Å². The van der Waals surface area contributed by atoms with Crippen molar-refractivity contribution in [3.63, 3.8) is 0 Å². The Kier molecular flexibility index (Phi) is 4.61. The summed E-state index contributed by atoms with van der Waals surface area (Å²) in [6.07, 6.45) is 0.481. The summed E-state index contributed by atoms with van der Waals surface area (Å²) in [4.78, 5) is 23.8. The first-order valence-electron chi connectivity index (χ1n) is 8.28. The Morgan fingerprint density at radius 2 is 2.25 bits per heavy atom. The minimum absolute atomic E-state index is 0.0167. The lowest BCUT2D eigenvalue weighted by molar-refractivity contribution is -0.123. The Hall–Kier alpha value is -3.54. The molecule has 12 heteroatoms. The monoisotopic (exact) mass is 391 g/mol. The molecule has 1 unspecified atom stereocenters. The average molecular weight is 391 g/mol. The van der Waals surface area contributed by atoms with Gasteiger partial charge in [0.25, 0.3) is 11.8 Å². The molecule has 0 spiro atoms. The molecule has 1 aliphatic rings. The van der Waals surface area contributed by atoms with Crippen molar-refractivity contribution < 1.29 is 28.2 Å². The Morgan fingerprint density at radius 1 is 1.39 bits per heavy atom. The van der Waals surface area contributed by atoms with E-state index in [0.29, 0.717) is 12.0 Å². The normalized spacial score (nSPS) is 15.0. The maximum atomic E-state index is 13.6. The highest BCUT2D eigenvalue weighted by atomic mass is 19.1. The predicted molar refractivity (Wildman–Crippen MR) is 87.9 cm³/mol. The quantitative estimate of drug-likeness (QED) is 0.552. The van der Waals surface area contributed by atoms with Gasteiger partial charge in [0, 0.05) is 6.54 Å². The van der Waals surface area contributed by atoms with Gasteiger partial charge in [-0.05, 0) is 40.0 Å². The average Bonchev–Trinajstić information content (AvgIpc) is 3.28. The Morgan fingerprint density at radius 3 is 3.07 bits per heavy atom. The Bertz CT molecular complexity index is 1070. The smallest absolute Gasteiger partial charge is 0.442 e. The van der Waals surface area contributed by atoms with Gasteiger partial charge < -0.3 is 15.2 Å². The van der Waals surface area contributed by atoms with Gasteiger partial charge in [0.05, 0.1) is 12.6 Å². The number of nitrogens with zero attached hydrogens (tertiary/aromatic N) is 4. The molecule has 0 saturated heterocycles. The van der Waals surface area contributed by atoms with Crippen molar-refractivity contribution in [3.05, 3.63) is 45.7 Å². The molecule has 2 aromatic heterocycles. The van der Waals surface area contributed by atoms with Gasteiger partial charge in [-0.3, -0.25) is 9.32 Å². The molecule has 3 aromatic rings. The lowest BCUT2D eigenvalue weighted by Gasteiger charge is -2.30. The van der Waals surface area contributed by atoms with Gasteiger partial charge in [-0.2, -0.15) is 0 Å². The van der Waals surface area contributed by atoms with Gasteiger partial charge in [0.1, 0.15) is 5.82 Å². The van der Waals surface area contributed by atoms with Crippen LogP contribution in [0.25, 0.3) is 11.5 Å². The van der Waals surface area contributed by atoms with E-state index in [1.807, 2.05) is 0 Å². The Balaban J connectivity index is 1.60. The number of rotatable bonds is 7. The van der Waals surface area contributed by atoms with Crippen LogP contribution in [0.15, 0.2) is 32.1 Å². The highest BCUT2D eigenvalue weighted by molar-refractivity contribution is 5.77. The summed E-state index contributed by atoms with van der Waals surface area (Å²) in [7, 11) is 0. The van der Waals surface area contributed by atoms with Crippen LogP contribution < -0.4 is 15.8 Å². The second-order valence-corrected chi connectivity index (χ2v) is 5.99. The second-order valence-electron chi connectivity index (χ2n) is 5.99. The fraction of sp³-hybridized carbons (Fsp3) is 0.312. The lowest BCUT2D eigenvalue weighted by Crippen LogP contribution is -2.32. The summed E-state index contributed by atoms with van der Waals surface area (Å²) < 4.78 is 29.4. The van der Waals surface area contributed by atoms with Crippen LogP contribution in [0.4, 0.5) is 4.39 Å². The van der Waals surface area contributed by atoms with E-state index in [9.17, 15) is 14.0 Å². The largest absolute Gasteiger partial charge is 0.464 e. The van der Waals surface area contributed by atoms with Gasteiger partial charge in [-0.15, -0.1) is 0 Å². The van der Waals surface area contributed by atoms with Crippen molar-refractivity contribution in [2.45, 2.75) is 12.5 Å². The van der Waals surface area contributed by atoms with Crippen molar-refractivity contribution in [3.8, 4) is 17.4 Å². The van der Waals surface area contributed by atoms with Gasteiger partial charge in [0.15, 0.2) is 6.61 Å². The molecule has 1 atom stereocenters. The van der Waals surface area contributed by atoms with E-state index >= 15 is 0 Å². The minimum atomic E-state index is -0.760. The van der Waals surface area contributed by atoms with Crippen molar-refractivity contribution in [1.29, 1.82) is 0 Å². The van der Waals surface area contributed by atoms with E-state index in [-0.39, 0.29) is 30.5 Å². The molecule has 0 saturated carbocycles. The van der Waals surface area contributed by atoms with Crippen LogP contribution in [0.1, 0.15) is 17.2 Å². The molecule has 4 rings (SSSR count). The zero-order valence-corrected chi connectivity index (χ0v) is 14.3. The highest BCUT2D eigenvalue weighted by Gasteiger charge is 2.34. The topological polar surface area (TPSA) is 146 Å². The van der Waals surface area contributed by atoms with Gasteiger partial charge >= 0.3 is 5.76 Å². The minimum Gasteiger partial charge on any atom is -0.464 e. The molecule has 1 aromatic carbocycles. The van der Waals surface area contributed by atoms with Crippen LogP contribution in [0.3, 0.4) is 0 Å². The summed E-state index contributed by atoms with van der Waals surface area (Å²) in [6, 6.07) is 3.85. The molecule has 2 heterocycles. The standard InChI is InChI=1S/C16H14FN5O6/c17-9-2-1-8-5-11(10(8)6-9)22-14(20-27-16(22)25)13-15(21-28-19-13)26-7-12(24)18-3-4-23/h1-2,6,11,23H,3-5,7H2,(H,18,24). The number of benzene rings is 1. The summed E-state index contributed by atoms with van der Waals surface area (Å²) in [5.74, 6) is -1.86. The predicted octanol–water partition coefficient (Wildman–Crippen LogP) is -0.342. The summed E-state index contributed by atoms with van der Waals surface area (Å²) in [5.41, 5.74) is 1.50. The van der Waals surface area contributed by atoms with Crippen molar-refractivity contribution in [2.75, 3.05) is 19.8 Å². The number of carbonyl (C=O) groups excluding carboxylic acids is 1. The number of aliphatic hydroxyl groups is 1. The third-order valence-electron chi connectivity index (χ3n) is 4.27. The summed E-state index contributed by atoms with van der Waals surface area (Å²) in [5, 5.41) is 22.0. The molecule has 0 bridgehead atoms. The van der Waals surface area contributed by atoms with Gasteiger partial charge in [-0.1, -0.05) is 11.2 Å². The summed E-state index contributed by atoms with van der Waals surface area (Å²) in [6.45, 7) is -0.551. The maximum absolute atomic E-state index is 13.6. The number of carbonyl (C=O) groups is 1. The van der Waals surface area contributed by atoms with E-state index in [4.69, 9.17) is 14.4 Å². The van der Waals surface area contributed by atoms with Crippen LogP contribution in [0.2, 0.25) is 0 Å². The van der Waals surface area contributed by atoms with Gasteiger partial charge in [0.2, 0.25) is 11.5 Å². The van der Waals surface area contributed by atoms with E-state index < -0.39 is 30.1 Å². The number of hydrogen-bond acceptors (Lipinski definition) is 9. The molecular weight excluding hydrogens is 377 g/mol. The molecule has 2 N–H and O–H groups in total. The number of amides is 1. The van der Waals surface area contributed by atoms with Crippen LogP contribution in [-0.4, -0.2) is 50.8 Å². The molecule has 0 fully saturated rings. The molecule has 28 heavy (non-hydrogen) atoms. The van der Waals surface area contributed by atoms with E-state index in [2.05, 4.69) is 25.4 Å². The first-order chi connectivity index (χ1) is 13.6. The van der Waals surface area contributed by atoms with E-state index in [0.717, 1.165) is 5.56 Å². The van der Waals surface area contributed by atoms with Crippen LogP contribution in [0.5, 0.6) is 5.88 Å². The van der Waals surface area contributed by atoms with E-state index in [1.54, 1.807) is 6.07 Å². The summed E-state index contributed by atoms with van der Waals surface area (Å²) >= 11 is 0. The van der Waals surface area contributed by atoms with Crippen molar-refractivity contribution in [1.82, 2.24) is 25.4 Å². The molecule has 146 valence electrons. The number of fused-ring (bicyclic) bond motifs is 1. The van der Waals surface area contributed by atoms with Crippen LogP contribution >= 0.6 is 0 Å². The number of hydrogen-bond donors (Lipinski definition) is 2. The van der Waals surface area contributed by atoms with Crippen molar-refractivity contribution in [2.24, 2.45) is 0 Å². The first kappa shape index (κ1) is 17.9. The molecular formula is C16H14FN5O6. The zero-order chi connectivity index (χ0) is 19.7. The molecule has 1 amide bonds. The number of aromatic nitrogens is 4. The zero-order valence-electron chi connectivity index (χ0n) is 14.3. The fourth-order valence-electron chi connectivity index (χ4n) is 2.96. The van der Waals surface area contributed by atoms with E-state index in [1.165, 1.54) is 16.7 Å². The Labute approximate surface area is 155 Å². The van der Waals surface area contributed by atoms with Gasteiger partial charge in [-0.25, -0.2) is 18.4 Å². The fourth-order valence-corrected chi connectivity index (χ4v) is 2.96. The first-order valence-corrected chi connectivity index (χ1v) is 8.28. The number of ether oxygens (including phenoxy) is 1. The van der Waals surface area contributed by atoms with Crippen molar-refractivity contribution >= 4 is 5.91 Å². The van der Waals surface area contributed by atoms with Crippen LogP contribution in [-0.2, 0) is 11.2 Å². The lowest BCUT2D eigenvalue weighted by atomic mass is 9.83. The third kappa shape index (κ3) is 3.13. The molecule has 1 aliphatic carbocycles. The molecule has 0 aliphatic heterocycles. The number of halogens is 1. The molecule has 0 radical (unpaired) electrons. The number of aliphatic hydroxyl groups excluding tert-OH is 1. The maximum Gasteiger partial charge on any atom is 0.442 e.